The topological polar surface area (TPSA) is 32.3 Å². The second-order valence-electron chi connectivity index (χ2n) is 4.20. The quantitative estimate of drug-likeness (QED) is 0.878. The molecule has 1 atom stereocenters. The van der Waals surface area contributed by atoms with Gasteiger partial charge in [0.25, 0.3) is 0 Å². The molecule has 2 rings (SSSR count). The second kappa shape index (κ2) is 5.08. The Bertz CT molecular complexity index is 439. The maximum absolute atomic E-state index is 12.1. The Morgan fingerprint density at radius 1 is 1.35 bits per heavy atom. The Balaban J connectivity index is 2.39. The number of benzene rings is 1. The molecular formula is C12H14Br2N2O. The SMILES string of the molecule is CNC1CCN(c2c(Br)cc(C)cc2Br)C1=O. The molecule has 1 heterocycles. The predicted molar refractivity (Wildman–Crippen MR) is 76.4 cm³/mol. The van der Waals surface area contributed by atoms with Crippen LogP contribution >= 0.6 is 31.9 Å². The molecule has 1 unspecified atom stereocenters. The third-order valence-electron chi connectivity index (χ3n) is 2.99. The van der Waals surface area contributed by atoms with Crippen LogP contribution < -0.4 is 10.2 Å². The molecule has 1 aliphatic heterocycles. The van der Waals surface area contributed by atoms with E-state index >= 15 is 0 Å². The number of halogens is 2. The molecule has 3 nitrogen and oxygen atoms in total. The minimum atomic E-state index is -0.0601. The molecule has 0 aromatic heterocycles. The predicted octanol–water partition coefficient (Wildman–Crippen LogP) is 2.84. The zero-order chi connectivity index (χ0) is 12.6. The highest BCUT2D eigenvalue weighted by molar-refractivity contribution is 9.11. The third kappa shape index (κ3) is 2.41. The number of likely N-dealkylation sites (N-methyl/N-ethyl adjacent to an activating group) is 1. The van der Waals surface area contributed by atoms with Crippen LogP contribution in [0.2, 0.25) is 0 Å². The zero-order valence-corrected chi connectivity index (χ0v) is 12.9. The Labute approximate surface area is 118 Å². The first kappa shape index (κ1) is 13.1. The number of carbonyl (C=O) groups excluding carboxylic acids is 1. The Kier molecular flexibility index (Phi) is 3.90. The summed E-state index contributed by atoms with van der Waals surface area (Å²) in [5.74, 6) is 0.137. The summed E-state index contributed by atoms with van der Waals surface area (Å²) in [5.41, 5.74) is 2.09. The van der Waals surface area contributed by atoms with E-state index < -0.39 is 0 Å². The van der Waals surface area contributed by atoms with Gasteiger partial charge in [0.05, 0.1) is 11.7 Å². The first-order valence-electron chi connectivity index (χ1n) is 5.49. The minimum absolute atomic E-state index is 0.0601. The number of hydrogen-bond acceptors (Lipinski definition) is 2. The van der Waals surface area contributed by atoms with E-state index in [2.05, 4.69) is 37.2 Å². The number of nitrogens with zero attached hydrogens (tertiary/aromatic N) is 1. The number of amides is 1. The van der Waals surface area contributed by atoms with E-state index in [0.29, 0.717) is 0 Å². The van der Waals surface area contributed by atoms with E-state index in [4.69, 9.17) is 0 Å². The molecule has 5 heteroatoms. The summed E-state index contributed by atoms with van der Waals surface area (Å²) in [6.45, 7) is 2.78. The zero-order valence-electron chi connectivity index (χ0n) is 9.76. The van der Waals surface area contributed by atoms with Crippen molar-refractivity contribution < 1.29 is 4.79 Å². The molecule has 1 aromatic carbocycles. The van der Waals surface area contributed by atoms with Crippen molar-refractivity contribution in [2.75, 3.05) is 18.5 Å². The molecule has 1 fully saturated rings. The molecule has 17 heavy (non-hydrogen) atoms. The molecule has 0 aliphatic carbocycles. The summed E-state index contributed by atoms with van der Waals surface area (Å²) in [6, 6.07) is 4.00. The molecule has 0 radical (unpaired) electrons. The third-order valence-corrected chi connectivity index (χ3v) is 4.19. The van der Waals surface area contributed by atoms with E-state index in [0.717, 1.165) is 33.2 Å². The monoisotopic (exact) mass is 360 g/mol. The van der Waals surface area contributed by atoms with Crippen LogP contribution in [-0.4, -0.2) is 25.5 Å². The van der Waals surface area contributed by atoms with Gasteiger partial charge in [-0.15, -0.1) is 0 Å². The van der Waals surface area contributed by atoms with Crippen molar-refractivity contribution in [3.05, 3.63) is 26.6 Å². The molecule has 1 aliphatic rings. The van der Waals surface area contributed by atoms with Crippen molar-refractivity contribution in [3.8, 4) is 0 Å². The van der Waals surface area contributed by atoms with Gasteiger partial charge in [-0.05, 0) is 69.9 Å². The number of aryl methyl sites for hydroxylation is 1. The van der Waals surface area contributed by atoms with Crippen LogP contribution in [0.4, 0.5) is 5.69 Å². The molecule has 1 aromatic rings. The number of rotatable bonds is 2. The lowest BCUT2D eigenvalue weighted by Crippen LogP contribution is -2.36. The van der Waals surface area contributed by atoms with E-state index in [9.17, 15) is 4.79 Å². The van der Waals surface area contributed by atoms with Gasteiger partial charge < -0.3 is 10.2 Å². The number of carbonyl (C=O) groups is 1. The van der Waals surface area contributed by atoms with Crippen LogP contribution in [0.1, 0.15) is 12.0 Å². The Morgan fingerprint density at radius 3 is 2.41 bits per heavy atom. The van der Waals surface area contributed by atoms with E-state index in [1.807, 2.05) is 31.0 Å². The van der Waals surface area contributed by atoms with E-state index in [1.165, 1.54) is 0 Å². The van der Waals surface area contributed by atoms with Crippen molar-refractivity contribution in [3.63, 3.8) is 0 Å². The van der Waals surface area contributed by atoms with Crippen molar-refractivity contribution in [1.82, 2.24) is 5.32 Å². The van der Waals surface area contributed by atoms with Gasteiger partial charge in [0.15, 0.2) is 0 Å². The summed E-state index contributed by atoms with van der Waals surface area (Å²) in [7, 11) is 1.82. The van der Waals surface area contributed by atoms with Gasteiger partial charge >= 0.3 is 0 Å². The summed E-state index contributed by atoms with van der Waals surface area (Å²) in [6.07, 6.45) is 0.849. The fourth-order valence-corrected chi connectivity index (χ4v) is 3.96. The summed E-state index contributed by atoms with van der Waals surface area (Å²) in [5, 5.41) is 3.04. The Morgan fingerprint density at radius 2 is 1.94 bits per heavy atom. The summed E-state index contributed by atoms with van der Waals surface area (Å²) in [4.78, 5) is 14.0. The first-order valence-corrected chi connectivity index (χ1v) is 7.07. The molecule has 92 valence electrons. The van der Waals surface area contributed by atoms with E-state index in [-0.39, 0.29) is 11.9 Å². The molecule has 1 amide bonds. The summed E-state index contributed by atoms with van der Waals surface area (Å²) >= 11 is 7.07. The molecule has 0 saturated carbocycles. The van der Waals surface area contributed by atoms with Gasteiger partial charge in [-0.25, -0.2) is 0 Å². The normalized spacial score (nSPS) is 20.1. The summed E-state index contributed by atoms with van der Waals surface area (Å²) < 4.78 is 1.91. The van der Waals surface area contributed by atoms with Crippen molar-refractivity contribution >= 4 is 43.5 Å². The largest absolute Gasteiger partial charge is 0.309 e. The average molecular weight is 362 g/mol. The average Bonchev–Trinajstić information content (AvgIpc) is 2.59. The van der Waals surface area contributed by atoms with Crippen LogP contribution in [0.15, 0.2) is 21.1 Å². The number of anilines is 1. The lowest BCUT2D eigenvalue weighted by Gasteiger charge is -2.20. The van der Waals surface area contributed by atoms with Gasteiger partial charge in [-0.2, -0.15) is 0 Å². The maximum Gasteiger partial charge on any atom is 0.244 e. The molecule has 1 N–H and O–H groups in total. The Hall–Kier alpha value is -0.390. The van der Waals surface area contributed by atoms with Crippen LogP contribution in [0.3, 0.4) is 0 Å². The fraction of sp³-hybridized carbons (Fsp3) is 0.417. The van der Waals surface area contributed by atoms with Crippen LogP contribution in [0, 0.1) is 6.92 Å². The molecule has 1 saturated heterocycles. The van der Waals surface area contributed by atoms with Crippen LogP contribution in [-0.2, 0) is 4.79 Å². The molecule has 0 bridgehead atoms. The second-order valence-corrected chi connectivity index (χ2v) is 5.91. The van der Waals surface area contributed by atoms with Gasteiger partial charge in [0, 0.05) is 15.5 Å². The van der Waals surface area contributed by atoms with Crippen molar-refractivity contribution in [2.24, 2.45) is 0 Å². The first-order chi connectivity index (χ1) is 8.04. The van der Waals surface area contributed by atoms with E-state index in [1.54, 1.807) is 0 Å². The highest BCUT2D eigenvalue weighted by Gasteiger charge is 2.33. The maximum atomic E-state index is 12.1. The fourth-order valence-electron chi connectivity index (χ4n) is 2.12. The number of hydrogen-bond donors (Lipinski definition) is 1. The lowest BCUT2D eigenvalue weighted by molar-refractivity contribution is -0.118. The molecular weight excluding hydrogens is 348 g/mol. The van der Waals surface area contributed by atoms with Gasteiger partial charge in [0.1, 0.15) is 0 Å². The van der Waals surface area contributed by atoms with Crippen LogP contribution in [0.25, 0.3) is 0 Å². The standard InChI is InChI=1S/C12H14Br2N2O/c1-7-5-8(13)11(9(14)6-7)16-4-3-10(15-2)12(16)17/h5-6,10,15H,3-4H2,1-2H3. The van der Waals surface area contributed by atoms with Gasteiger partial charge in [-0.1, -0.05) is 0 Å². The van der Waals surface area contributed by atoms with Crippen molar-refractivity contribution in [2.45, 2.75) is 19.4 Å². The smallest absolute Gasteiger partial charge is 0.244 e. The highest BCUT2D eigenvalue weighted by Crippen LogP contribution is 2.37. The number of nitrogens with one attached hydrogen (secondary N) is 1. The van der Waals surface area contributed by atoms with Crippen molar-refractivity contribution in [1.29, 1.82) is 0 Å². The molecule has 0 spiro atoms. The van der Waals surface area contributed by atoms with Gasteiger partial charge in [0.2, 0.25) is 5.91 Å². The lowest BCUT2D eigenvalue weighted by atomic mass is 10.2. The minimum Gasteiger partial charge on any atom is -0.309 e. The highest BCUT2D eigenvalue weighted by atomic mass is 79.9. The van der Waals surface area contributed by atoms with Gasteiger partial charge in [-0.3, -0.25) is 4.79 Å². The van der Waals surface area contributed by atoms with Crippen LogP contribution in [0.5, 0.6) is 0 Å².